The van der Waals surface area contributed by atoms with E-state index >= 15 is 0 Å². The van der Waals surface area contributed by atoms with E-state index < -0.39 is 0 Å². The molecule has 2 heterocycles. The van der Waals surface area contributed by atoms with Gasteiger partial charge in [-0.3, -0.25) is 4.90 Å². The summed E-state index contributed by atoms with van der Waals surface area (Å²) in [7, 11) is 0. The number of ether oxygens (including phenoxy) is 1. The Labute approximate surface area is 115 Å². The first-order valence-electron chi connectivity index (χ1n) is 7.48. The van der Waals surface area contributed by atoms with Crippen molar-refractivity contribution in [3.05, 3.63) is 35.4 Å². The van der Waals surface area contributed by atoms with Gasteiger partial charge in [-0.25, -0.2) is 0 Å². The molecule has 0 aliphatic carbocycles. The van der Waals surface area contributed by atoms with Gasteiger partial charge in [0.1, 0.15) is 0 Å². The summed E-state index contributed by atoms with van der Waals surface area (Å²) in [4.78, 5) is 2.55. The number of hydrogen-bond donors (Lipinski definition) is 1. The van der Waals surface area contributed by atoms with Crippen molar-refractivity contribution in [2.75, 3.05) is 32.8 Å². The molecule has 19 heavy (non-hydrogen) atoms. The molecule has 1 N–H and O–H groups in total. The molecule has 0 radical (unpaired) electrons. The van der Waals surface area contributed by atoms with Crippen molar-refractivity contribution >= 4 is 0 Å². The van der Waals surface area contributed by atoms with Crippen molar-refractivity contribution in [1.29, 1.82) is 0 Å². The Balaban J connectivity index is 1.70. The third kappa shape index (κ3) is 3.16. The Morgan fingerprint density at radius 2 is 2.26 bits per heavy atom. The highest BCUT2D eigenvalue weighted by Gasteiger charge is 2.23. The minimum absolute atomic E-state index is 0.362. The van der Waals surface area contributed by atoms with Crippen LogP contribution >= 0.6 is 0 Å². The average molecular weight is 260 g/mol. The van der Waals surface area contributed by atoms with E-state index in [1.54, 1.807) is 0 Å². The van der Waals surface area contributed by atoms with Crippen LogP contribution in [-0.4, -0.2) is 43.8 Å². The molecule has 0 saturated carbocycles. The summed E-state index contributed by atoms with van der Waals surface area (Å²) in [6.07, 6.45) is 2.67. The molecule has 3 nitrogen and oxygen atoms in total. The summed E-state index contributed by atoms with van der Waals surface area (Å²) in [5, 5.41) is 3.68. The van der Waals surface area contributed by atoms with E-state index in [0.717, 1.165) is 45.6 Å². The van der Waals surface area contributed by atoms with Crippen LogP contribution in [0.1, 0.15) is 30.5 Å². The predicted octanol–water partition coefficient (Wildman–Crippen LogP) is 1.98. The second kappa shape index (κ2) is 6.04. The van der Waals surface area contributed by atoms with E-state index in [-0.39, 0.29) is 0 Å². The van der Waals surface area contributed by atoms with Gasteiger partial charge in [-0.2, -0.15) is 0 Å². The van der Waals surface area contributed by atoms with E-state index in [4.69, 9.17) is 4.74 Å². The molecular weight excluding hydrogens is 236 g/mol. The maximum atomic E-state index is 5.73. The van der Waals surface area contributed by atoms with Gasteiger partial charge in [-0.1, -0.05) is 24.3 Å². The van der Waals surface area contributed by atoms with Crippen LogP contribution in [-0.2, 0) is 11.2 Å². The second-order valence-electron chi connectivity index (χ2n) is 5.75. The standard InChI is InChI=1S/C16H24N2O/c1-13-11-18(9-4-10-19-13)12-16-15-6-3-2-5-14(15)7-8-17-16/h2-3,5-6,13,16-17H,4,7-12H2,1H3. The van der Waals surface area contributed by atoms with Gasteiger partial charge in [-0.15, -0.1) is 0 Å². The Hall–Kier alpha value is -0.900. The van der Waals surface area contributed by atoms with Crippen LogP contribution in [0.2, 0.25) is 0 Å². The van der Waals surface area contributed by atoms with E-state index in [1.165, 1.54) is 11.1 Å². The van der Waals surface area contributed by atoms with Crippen molar-refractivity contribution in [3.8, 4) is 0 Å². The van der Waals surface area contributed by atoms with Gasteiger partial charge in [0.25, 0.3) is 0 Å². The molecule has 1 aromatic carbocycles. The van der Waals surface area contributed by atoms with E-state index in [9.17, 15) is 0 Å². The lowest BCUT2D eigenvalue weighted by atomic mass is 9.94. The molecule has 0 amide bonds. The molecular formula is C16H24N2O. The Kier molecular flexibility index (Phi) is 4.16. The number of nitrogens with one attached hydrogen (secondary N) is 1. The van der Waals surface area contributed by atoms with Gasteiger partial charge >= 0.3 is 0 Å². The lowest BCUT2D eigenvalue weighted by Crippen LogP contribution is -2.41. The largest absolute Gasteiger partial charge is 0.377 e. The van der Waals surface area contributed by atoms with Crippen LogP contribution in [0.3, 0.4) is 0 Å². The molecule has 0 spiro atoms. The highest BCUT2D eigenvalue weighted by Crippen LogP contribution is 2.24. The maximum Gasteiger partial charge on any atom is 0.0673 e. The topological polar surface area (TPSA) is 24.5 Å². The van der Waals surface area contributed by atoms with Crippen molar-refractivity contribution in [2.24, 2.45) is 0 Å². The summed E-state index contributed by atoms with van der Waals surface area (Å²) in [5.41, 5.74) is 3.01. The Bertz CT molecular complexity index is 421. The molecule has 2 aliphatic heterocycles. The first-order chi connectivity index (χ1) is 9.33. The zero-order valence-corrected chi connectivity index (χ0v) is 11.8. The summed E-state index contributed by atoms with van der Waals surface area (Å²) >= 11 is 0. The van der Waals surface area contributed by atoms with Crippen LogP contribution in [0, 0.1) is 0 Å². The zero-order valence-electron chi connectivity index (χ0n) is 11.8. The highest BCUT2D eigenvalue weighted by molar-refractivity contribution is 5.32. The molecule has 2 unspecified atom stereocenters. The van der Waals surface area contributed by atoms with Crippen LogP contribution in [0.25, 0.3) is 0 Å². The molecule has 1 fully saturated rings. The van der Waals surface area contributed by atoms with Crippen molar-refractivity contribution in [3.63, 3.8) is 0 Å². The smallest absolute Gasteiger partial charge is 0.0673 e. The van der Waals surface area contributed by atoms with Crippen LogP contribution < -0.4 is 5.32 Å². The van der Waals surface area contributed by atoms with Gasteiger partial charge in [-0.05, 0) is 37.4 Å². The Morgan fingerprint density at radius 3 is 3.21 bits per heavy atom. The molecule has 3 heteroatoms. The van der Waals surface area contributed by atoms with Crippen molar-refractivity contribution in [2.45, 2.75) is 31.9 Å². The van der Waals surface area contributed by atoms with E-state index in [1.807, 2.05) is 0 Å². The number of nitrogens with zero attached hydrogens (tertiary/aromatic N) is 1. The second-order valence-corrected chi connectivity index (χ2v) is 5.75. The van der Waals surface area contributed by atoms with Crippen LogP contribution in [0.5, 0.6) is 0 Å². The lowest BCUT2D eigenvalue weighted by molar-refractivity contribution is 0.0663. The number of rotatable bonds is 2. The predicted molar refractivity (Wildman–Crippen MR) is 77.4 cm³/mol. The first-order valence-corrected chi connectivity index (χ1v) is 7.48. The molecule has 3 rings (SSSR count). The van der Waals surface area contributed by atoms with Gasteiger partial charge in [0, 0.05) is 32.3 Å². The average Bonchev–Trinajstić information content (AvgIpc) is 2.63. The van der Waals surface area contributed by atoms with E-state index in [2.05, 4.69) is 41.4 Å². The van der Waals surface area contributed by atoms with E-state index in [0.29, 0.717) is 12.1 Å². The monoisotopic (exact) mass is 260 g/mol. The van der Waals surface area contributed by atoms with Gasteiger partial charge in [0.05, 0.1) is 6.10 Å². The molecule has 2 aliphatic rings. The van der Waals surface area contributed by atoms with Crippen LogP contribution in [0.4, 0.5) is 0 Å². The molecule has 0 aromatic heterocycles. The molecule has 1 saturated heterocycles. The maximum absolute atomic E-state index is 5.73. The first kappa shape index (κ1) is 13.1. The van der Waals surface area contributed by atoms with Crippen molar-refractivity contribution < 1.29 is 4.74 Å². The summed E-state index contributed by atoms with van der Waals surface area (Å²) in [5.74, 6) is 0. The summed E-state index contributed by atoms with van der Waals surface area (Å²) < 4.78 is 5.73. The minimum Gasteiger partial charge on any atom is -0.377 e. The fraction of sp³-hybridized carbons (Fsp3) is 0.625. The summed E-state index contributed by atoms with van der Waals surface area (Å²) in [6, 6.07) is 9.35. The highest BCUT2D eigenvalue weighted by atomic mass is 16.5. The molecule has 2 atom stereocenters. The zero-order chi connectivity index (χ0) is 13.1. The number of hydrogen-bond acceptors (Lipinski definition) is 3. The third-order valence-corrected chi connectivity index (χ3v) is 4.19. The number of fused-ring (bicyclic) bond motifs is 1. The fourth-order valence-corrected chi connectivity index (χ4v) is 3.26. The minimum atomic E-state index is 0.362. The van der Waals surface area contributed by atoms with Gasteiger partial charge in [0.2, 0.25) is 0 Å². The Morgan fingerprint density at radius 1 is 1.37 bits per heavy atom. The van der Waals surface area contributed by atoms with Crippen LogP contribution in [0.15, 0.2) is 24.3 Å². The van der Waals surface area contributed by atoms with Crippen molar-refractivity contribution in [1.82, 2.24) is 10.2 Å². The molecule has 1 aromatic rings. The normalized spacial score (nSPS) is 28.7. The third-order valence-electron chi connectivity index (χ3n) is 4.19. The molecule has 104 valence electrons. The van der Waals surface area contributed by atoms with Gasteiger partial charge < -0.3 is 10.1 Å². The summed E-state index contributed by atoms with van der Waals surface area (Å²) in [6.45, 7) is 7.50. The lowest BCUT2D eigenvalue weighted by Gasteiger charge is -2.32. The fourth-order valence-electron chi connectivity index (χ4n) is 3.26. The van der Waals surface area contributed by atoms with Gasteiger partial charge in [0.15, 0.2) is 0 Å². The molecule has 0 bridgehead atoms. The number of benzene rings is 1. The quantitative estimate of drug-likeness (QED) is 0.880. The SMILES string of the molecule is CC1CN(CC2NCCc3ccccc32)CCCO1.